The number of nitrogens with one attached hydrogen (secondary N) is 3. The highest BCUT2D eigenvalue weighted by Gasteiger charge is 2.32. The Bertz CT molecular complexity index is 843. The van der Waals surface area contributed by atoms with E-state index in [4.69, 9.17) is 16.2 Å². The lowest BCUT2D eigenvalue weighted by molar-refractivity contribution is -0.142. The van der Waals surface area contributed by atoms with E-state index in [-0.39, 0.29) is 24.0 Å². The van der Waals surface area contributed by atoms with Crippen LogP contribution in [0.25, 0.3) is 0 Å². The Balaban J connectivity index is 1.98. The van der Waals surface area contributed by atoms with E-state index in [0.717, 1.165) is 16.7 Å². The van der Waals surface area contributed by atoms with Crippen molar-refractivity contribution in [3.05, 3.63) is 28.8 Å². The monoisotopic (exact) mass is 435 g/mol. The molecule has 11 heteroatoms. The van der Waals surface area contributed by atoms with Gasteiger partial charge in [0.2, 0.25) is 11.9 Å². The first kappa shape index (κ1) is 23.9. The fourth-order valence-electron chi connectivity index (χ4n) is 3.84. The van der Waals surface area contributed by atoms with Crippen LogP contribution >= 0.6 is 0 Å². The molecule has 0 radical (unpaired) electrons. The van der Waals surface area contributed by atoms with Gasteiger partial charge in [-0.3, -0.25) is 15.5 Å². The number of phenolic OH excluding ortho intramolecular Hbond substituents is 1. The van der Waals surface area contributed by atoms with E-state index in [0.29, 0.717) is 25.9 Å². The molecular weight excluding hydrogens is 406 g/mol. The van der Waals surface area contributed by atoms with Crippen LogP contribution in [0, 0.1) is 25.2 Å². The van der Waals surface area contributed by atoms with E-state index in [1.807, 2.05) is 5.32 Å². The van der Waals surface area contributed by atoms with Crippen LogP contribution in [0.2, 0.25) is 0 Å². The fraction of sp³-hybridized carbons (Fsp3) is 0.500. The zero-order chi connectivity index (χ0) is 23.3. The highest BCUT2D eigenvalue weighted by molar-refractivity contribution is 5.91. The van der Waals surface area contributed by atoms with Gasteiger partial charge in [-0.15, -0.1) is 0 Å². The molecule has 8 N–H and O–H groups in total. The number of phenols is 1. The van der Waals surface area contributed by atoms with E-state index < -0.39 is 30.1 Å². The third-order valence-corrected chi connectivity index (χ3v) is 5.60. The van der Waals surface area contributed by atoms with E-state index in [1.165, 1.54) is 0 Å². The van der Waals surface area contributed by atoms with Crippen molar-refractivity contribution in [2.24, 2.45) is 11.7 Å². The lowest BCUT2D eigenvalue weighted by atomic mass is 9.89. The largest absolute Gasteiger partial charge is 0.508 e. The van der Waals surface area contributed by atoms with E-state index >= 15 is 0 Å². The van der Waals surface area contributed by atoms with Crippen LogP contribution in [0.4, 0.5) is 4.79 Å². The number of hydrogen-bond acceptors (Lipinski definition) is 6. The van der Waals surface area contributed by atoms with Gasteiger partial charge in [0.05, 0.1) is 6.04 Å². The van der Waals surface area contributed by atoms with Gasteiger partial charge >= 0.3 is 12.1 Å². The number of nitrogens with two attached hydrogens (primary N) is 1. The van der Waals surface area contributed by atoms with Gasteiger partial charge in [-0.2, -0.15) is 0 Å². The second kappa shape index (κ2) is 10.1. The summed E-state index contributed by atoms with van der Waals surface area (Å²) in [6.45, 7) is 4.25. The Morgan fingerprint density at radius 3 is 2.23 bits per heavy atom. The van der Waals surface area contributed by atoms with Gasteiger partial charge in [-0.05, 0) is 61.4 Å². The first-order valence-electron chi connectivity index (χ1n) is 9.90. The van der Waals surface area contributed by atoms with Crippen LogP contribution in [0.15, 0.2) is 12.1 Å². The molecule has 11 nitrogen and oxygen atoms in total. The zero-order valence-corrected chi connectivity index (χ0v) is 17.5. The molecule has 1 saturated heterocycles. The number of carbonyl (C=O) groups is 3. The number of hydrogen-bond donors (Lipinski definition) is 7. The van der Waals surface area contributed by atoms with Crippen LogP contribution in [0.1, 0.15) is 29.5 Å². The number of aryl methyl sites for hydroxylation is 2. The lowest BCUT2D eigenvalue weighted by Crippen LogP contribution is -2.54. The van der Waals surface area contributed by atoms with Crippen molar-refractivity contribution in [1.29, 1.82) is 5.41 Å². The Labute approximate surface area is 179 Å². The van der Waals surface area contributed by atoms with Crippen molar-refractivity contribution in [1.82, 2.24) is 15.5 Å². The molecule has 0 aromatic heterocycles. The maximum absolute atomic E-state index is 12.6. The topological polar surface area (TPSA) is 189 Å². The van der Waals surface area contributed by atoms with Gasteiger partial charge in [0.1, 0.15) is 11.8 Å². The van der Waals surface area contributed by atoms with Crippen LogP contribution in [-0.2, 0) is 16.0 Å². The van der Waals surface area contributed by atoms with Crippen LogP contribution < -0.4 is 16.4 Å². The normalized spacial score (nSPS) is 16.3. The number of carboxylic acids is 1. The molecule has 2 atom stereocenters. The minimum Gasteiger partial charge on any atom is -0.508 e. The van der Waals surface area contributed by atoms with Crippen molar-refractivity contribution < 1.29 is 29.7 Å². The second-order valence-corrected chi connectivity index (χ2v) is 7.79. The summed E-state index contributed by atoms with van der Waals surface area (Å²) < 4.78 is 0. The summed E-state index contributed by atoms with van der Waals surface area (Å²) in [6, 6.07) is 0.986. The average Bonchev–Trinajstić information content (AvgIpc) is 2.68. The van der Waals surface area contributed by atoms with Gasteiger partial charge < -0.3 is 31.3 Å². The SMILES string of the molecule is Cc1cc(O)cc(C)c1CC(NC(=O)C(N)C1CCN(C(=N)NC(=O)O)CC1)C(=O)O. The molecule has 1 aliphatic rings. The quantitative estimate of drug-likeness (QED) is 0.246. The average molecular weight is 435 g/mol. The van der Waals surface area contributed by atoms with Gasteiger partial charge in [-0.25, -0.2) is 9.59 Å². The molecule has 2 unspecified atom stereocenters. The Hall–Kier alpha value is -3.34. The van der Waals surface area contributed by atoms with Crippen LogP contribution in [-0.4, -0.2) is 69.3 Å². The molecule has 1 aromatic rings. The summed E-state index contributed by atoms with van der Waals surface area (Å²) in [4.78, 5) is 36.6. The van der Waals surface area contributed by atoms with Gasteiger partial charge in [-0.1, -0.05) is 0 Å². The molecule has 0 aliphatic carbocycles. The van der Waals surface area contributed by atoms with Crippen molar-refractivity contribution in [3.8, 4) is 5.75 Å². The maximum atomic E-state index is 12.6. The molecular formula is C20H29N5O6. The number of amides is 2. The van der Waals surface area contributed by atoms with Gasteiger partial charge in [0, 0.05) is 19.5 Å². The van der Waals surface area contributed by atoms with E-state index in [2.05, 4.69) is 5.32 Å². The molecule has 0 spiro atoms. The van der Waals surface area contributed by atoms with Gasteiger partial charge in [0.15, 0.2) is 0 Å². The smallest absolute Gasteiger partial charge is 0.411 e. The van der Waals surface area contributed by atoms with Crippen molar-refractivity contribution in [3.63, 3.8) is 0 Å². The zero-order valence-electron chi connectivity index (χ0n) is 17.5. The molecule has 31 heavy (non-hydrogen) atoms. The molecule has 1 aromatic carbocycles. The van der Waals surface area contributed by atoms with Gasteiger partial charge in [0.25, 0.3) is 0 Å². The number of carbonyl (C=O) groups excluding carboxylic acids is 1. The van der Waals surface area contributed by atoms with Crippen LogP contribution in [0.3, 0.4) is 0 Å². The summed E-state index contributed by atoms with van der Waals surface area (Å²) in [5.41, 5.74) is 8.29. The number of piperidine rings is 1. The van der Waals surface area contributed by atoms with Crippen LogP contribution in [0.5, 0.6) is 5.75 Å². The summed E-state index contributed by atoms with van der Waals surface area (Å²) in [6.07, 6.45) is -0.331. The first-order valence-corrected chi connectivity index (χ1v) is 9.90. The Morgan fingerprint density at radius 1 is 1.19 bits per heavy atom. The number of aromatic hydroxyl groups is 1. The summed E-state index contributed by atoms with van der Waals surface area (Å²) in [5, 5.41) is 40.2. The van der Waals surface area contributed by atoms with Crippen molar-refractivity contribution >= 4 is 23.9 Å². The molecule has 1 heterocycles. The molecule has 2 amide bonds. The number of benzene rings is 1. The predicted octanol–water partition coefficient (Wildman–Crippen LogP) is 0.363. The third kappa shape index (κ3) is 6.32. The van der Waals surface area contributed by atoms with E-state index in [9.17, 15) is 24.6 Å². The number of carboxylic acid groups (broad SMARTS) is 2. The molecule has 1 fully saturated rings. The Kier molecular flexibility index (Phi) is 7.81. The highest BCUT2D eigenvalue weighted by Crippen LogP contribution is 2.23. The molecule has 0 saturated carbocycles. The van der Waals surface area contributed by atoms with E-state index in [1.54, 1.807) is 30.9 Å². The summed E-state index contributed by atoms with van der Waals surface area (Å²) >= 11 is 0. The summed E-state index contributed by atoms with van der Waals surface area (Å²) in [5.74, 6) is -2.11. The van der Waals surface area contributed by atoms with Crippen molar-refractivity contribution in [2.75, 3.05) is 13.1 Å². The predicted molar refractivity (Wildman–Crippen MR) is 112 cm³/mol. The standard InChI is InChI=1S/C20H29N5O6/c1-10-7-13(26)8-11(2)14(10)9-15(18(28)29)23-17(27)16(21)12-3-5-25(6-4-12)19(22)24-20(30)31/h7-8,12,15-16,26H,3-6,9,21H2,1-2H3,(H2,22,24)(H,23,27)(H,28,29)(H,30,31). The number of likely N-dealkylation sites (tertiary alicyclic amines) is 1. The first-order chi connectivity index (χ1) is 14.5. The second-order valence-electron chi connectivity index (χ2n) is 7.79. The Morgan fingerprint density at radius 2 is 1.74 bits per heavy atom. The number of guanidine groups is 1. The maximum Gasteiger partial charge on any atom is 0.411 e. The molecule has 170 valence electrons. The highest BCUT2D eigenvalue weighted by atomic mass is 16.4. The molecule has 1 aliphatic heterocycles. The molecule has 0 bridgehead atoms. The molecule has 2 rings (SSSR count). The number of aliphatic carboxylic acids is 1. The summed E-state index contributed by atoms with van der Waals surface area (Å²) in [7, 11) is 0. The minimum absolute atomic E-state index is 0.0577. The third-order valence-electron chi connectivity index (χ3n) is 5.60. The van der Waals surface area contributed by atoms with Crippen molar-refractivity contribution in [2.45, 2.75) is 45.2 Å². The number of nitrogens with zero attached hydrogens (tertiary/aromatic N) is 1. The number of rotatable bonds is 6. The lowest BCUT2D eigenvalue weighted by Gasteiger charge is -2.35. The minimum atomic E-state index is -1.32. The fourth-order valence-corrected chi connectivity index (χ4v) is 3.84.